The molecule has 0 unspecified atom stereocenters. The van der Waals surface area contributed by atoms with Crippen LogP contribution in [0.2, 0.25) is 0 Å². The van der Waals surface area contributed by atoms with Crippen molar-refractivity contribution in [2.75, 3.05) is 17.1 Å². The monoisotopic (exact) mass is 548 g/mol. The summed E-state index contributed by atoms with van der Waals surface area (Å²) in [5.41, 5.74) is 1.70. The third kappa shape index (κ3) is 5.42. The maximum absolute atomic E-state index is 13.6. The predicted octanol–water partition coefficient (Wildman–Crippen LogP) is 5.30. The molecule has 2 heterocycles. The number of rotatable bonds is 7. The number of pyridine rings is 1. The number of aryl methyl sites for hydroxylation is 2. The number of sulfonamides is 1. The Bertz CT molecular complexity index is 1580. The fourth-order valence-corrected chi connectivity index (χ4v) is 5.53. The minimum Gasteiger partial charge on any atom is -0.480 e. The van der Waals surface area contributed by atoms with Gasteiger partial charge < -0.3 is 10.1 Å². The van der Waals surface area contributed by atoms with Crippen molar-refractivity contribution in [3.05, 3.63) is 82.2 Å². The van der Waals surface area contributed by atoms with E-state index in [4.69, 9.17) is 4.74 Å². The second kappa shape index (κ2) is 10.2. The maximum atomic E-state index is 13.6. The topological polar surface area (TPSA) is 110 Å². The molecule has 192 valence electrons. The average Bonchev–Trinajstić information content (AvgIpc) is 3.35. The Morgan fingerprint density at radius 2 is 1.70 bits per heavy atom. The highest BCUT2D eigenvalue weighted by Gasteiger charge is 2.24. The van der Waals surface area contributed by atoms with Crippen LogP contribution in [0.4, 0.5) is 24.5 Å². The number of hydrogen-bond donors (Lipinski definition) is 2. The Morgan fingerprint density at radius 1 is 1.05 bits per heavy atom. The molecule has 13 heteroatoms. The maximum Gasteiger partial charge on any atom is 0.275 e. The Morgan fingerprint density at radius 3 is 2.32 bits per heavy atom. The number of nitrogens with one attached hydrogen (secondary N) is 2. The molecule has 4 aromatic rings. The van der Waals surface area contributed by atoms with Crippen LogP contribution in [0.5, 0.6) is 5.88 Å². The molecule has 2 aromatic carbocycles. The third-order valence-corrected chi connectivity index (χ3v) is 7.48. The van der Waals surface area contributed by atoms with Crippen molar-refractivity contribution in [1.29, 1.82) is 0 Å². The molecule has 1 amide bonds. The summed E-state index contributed by atoms with van der Waals surface area (Å²) >= 11 is 0.913. The van der Waals surface area contributed by atoms with E-state index in [-0.39, 0.29) is 32.7 Å². The van der Waals surface area contributed by atoms with Gasteiger partial charge in [-0.3, -0.25) is 9.52 Å². The highest BCUT2D eigenvalue weighted by Crippen LogP contribution is 2.30. The van der Waals surface area contributed by atoms with Crippen LogP contribution in [0.3, 0.4) is 0 Å². The van der Waals surface area contributed by atoms with E-state index >= 15 is 0 Å². The fourth-order valence-electron chi connectivity index (χ4n) is 3.40. The highest BCUT2D eigenvalue weighted by molar-refractivity contribution is 7.92. The van der Waals surface area contributed by atoms with Gasteiger partial charge in [0.25, 0.3) is 15.9 Å². The Labute approximate surface area is 214 Å². The number of anilines is 2. The van der Waals surface area contributed by atoms with Crippen LogP contribution in [0.1, 0.15) is 21.6 Å². The zero-order valence-electron chi connectivity index (χ0n) is 19.6. The summed E-state index contributed by atoms with van der Waals surface area (Å²) in [7, 11) is -2.91. The number of amides is 1. The molecular formula is C24H19F3N4O4S2. The molecule has 0 fully saturated rings. The van der Waals surface area contributed by atoms with Crippen molar-refractivity contribution in [2.45, 2.75) is 18.7 Å². The minimum atomic E-state index is -4.17. The number of methoxy groups -OCH3 is 1. The van der Waals surface area contributed by atoms with Crippen LogP contribution in [-0.4, -0.2) is 31.4 Å². The number of hydrogen-bond acceptors (Lipinski definition) is 7. The molecule has 0 spiro atoms. The molecule has 0 saturated carbocycles. The van der Waals surface area contributed by atoms with Crippen LogP contribution < -0.4 is 14.8 Å². The van der Waals surface area contributed by atoms with Crippen molar-refractivity contribution in [1.82, 2.24) is 9.97 Å². The van der Waals surface area contributed by atoms with Gasteiger partial charge in [-0.25, -0.2) is 31.6 Å². The summed E-state index contributed by atoms with van der Waals surface area (Å²) in [5, 5.41) is 3.91. The van der Waals surface area contributed by atoms with Gasteiger partial charge in [-0.05, 0) is 43.2 Å². The SMILES string of the molecule is COc1ncc(NC(=O)c2csc(-c3cc(F)c(F)c(F)c3)n2)cc1S(=O)(=O)Nc1c(C)cccc1C. The van der Waals surface area contributed by atoms with Gasteiger partial charge in [-0.2, -0.15) is 0 Å². The number of para-hydroxylation sites is 1. The first-order chi connectivity index (χ1) is 17.5. The number of benzene rings is 2. The highest BCUT2D eigenvalue weighted by atomic mass is 32.2. The lowest BCUT2D eigenvalue weighted by atomic mass is 10.1. The van der Waals surface area contributed by atoms with E-state index < -0.39 is 33.4 Å². The van der Waals surface area contributed by atoms with Gasteiger partial charge >= 0.3 is 0 Å². The summed E-state index contributed by atoms with van der Waals surface area (Å²) in [4.78, 5) is 20.5. The average molecular weight is 549 g/mol. The molecule has 0 bridgehead atoms. The smallest absolute Gasteiger partial charge is 0.275 e. The van der Waals surface area contributed by atoms with Gasteiger partial charge in [-0.1, -0.05) is 18.2 Å². The van der Waals surface area contributed by atoms with Gasteiger partial charge in [0.1, 0.15) is 10.7 Å². The zero-order chi connectivity index (χ0) is 26.9. The lowest BCUT2D eigenvalue weighted by Crippen LogP contribution is -2.18. The van der Waals surface area contributed by atoms with Crippen LogP contribution in [0.25, 0.3) is 10.6 Å². The third-order valence-electron chi connectivity index (χ3n) is 5.24. The van der Waals surface area contributed by atoms with Crippen molar-refractivity contribution in [2.24, 2.45) is 0 Å². The lowest BCUT2D eigenvalue weighted by Gasteiger charge is -2.15. The molecule has 2 aromatic heterocycles. The van der Waals surface area contributed by atoms with Crippen LogP contribution in [-0.2, 0) is 10.0 Å². The number of nitrogens with zero attached hydrogens (tertiary/aromatic N) is 2. The van der Waals surface area contributed by atoms with Gasteiger partial charge in [0.2, 0.25) is 5.88 Å². The molecule has 0 aliphatic rings. The van der Waals surface area contributed by atoms with Crippen molar-refractivity contribution in [3.63, 3.8) is 0 Å². The number of halogens is 3. The summed E-state index contributed by atoms with van der Waals surface area (Å²) < 4.78 is 74.4. The Balaban J connectivity index is 1.60. The summed E-state index contributed by atoms with van der Waals surface area (Å²) in [6, 6.07) is 8.03. The van der Waals surface area contributed by atoms with E-state index in [0.29, 0.717) is 16.8 Å². The van der Waals surface area contributed by atoms with E-state index in [9.17, 15) is 26.4 Å². The predicted molar refractivity (Wildman–Crippen MR) is 133 cm³/mol. The van der Waals surface area contributed by atoms with E-state index in [1.165, 1.54) is 24.8 Å². The van der Waals surface area contributed by atoms with Gasteiger partial charge in [0, 0.05) is 10.9 Å². The summed E-state index contributed by atoms with van der Waals surface area (Å²) in [6.45, 7) is 3.52. The Kier molecular flexibility index (Phi) is 7.18. The quantitative estimate of drug-likeness (QED) is 0.303. The van der Waals surface area contributed by atoms with Gasteiger partial charge in [-0.15, -0.1) is 11.3 Å². The molecule has 0 atom stereocenters. The first kappa shape index (κ1) is 26.1. The molecule has 4 rings (SSSR count). The number of carbonyl (C=O) groups excluding carboxylic acids is 1. The molecule has 37 heavy (non-hydrogen) atoms. The van der Waals surface area contributed by atoms with E-state index in [1.54, 1.807) is 32.0 Å². The molecule has 2 N–H and O–H groups in total. The summed E-state index contributed by atoms with van der Waals surface area (Å²) in [6.07, 6.45) is 1.20. The van der Waals surface area contributed by atoms with E-state index in [2.05, 4.69) is 20.0 Å². The summed E-state index contributed by atoms with van der Waals surface area (Å²) in [5.74, 6) is -5.30. The first-order valence-corrected chi connectivity index (χ1v) is 12.9. The first-order valence-electron chi connectivity index (χ1n) is 10.5. The number of ether oxygens (including phenoxy) is 1. The second-order valence-corrected chi connectivity index (χ2v) is 10.4. The second-order valence-electron chi connectivity index (χ2n) is 7.85. The fraction of sp³-hybridized carbons (Fsp3) is 0.125. The normalized spacial score (nSPS) is 11.3. The number of aromatic nitrogens is 2. The van der Waals surface area contributed by atoms with Crippen LogP contribution >= 0.6 is 11.3 Å². The molecule has 0 saturated heterocycles. The van der Waals surface area contributed by atoms with Gasteiger partial charge in [0.05, 0.1) is 24.7 Å². The van der Waals surface area contributed by atoms with Crippen molar-refractivity contribution >= 4 is 38.6 Å². The lowest BCUT2D eigenvalue weighted by molar-refractivity contribution is 0.102. The minimum absolute atomic E-state index is 0.0288. The standard InChI is InChI=1S/C24H19F3N4O4S2/c1-12-5-4-6-13(2)21(12)31-37(33,34)19-9-15(10-28-23(19)35-3)29-22(32)18-11-36-24(30-18)14-7-16(25)20(27)17(26)8-14/h4-11,31H,1-3H3,(H,29,32). The van der Waals surface area contributed by atoms with Crippen molar-refractivity contribution in [3.8, 4) is 16.5 Å². The van der Waals surface area contributed by atoms with Crippen LogP contribution in [0.15, 0.2) is 52.9 Å². The van der Waals surface area contributed by atoms with Gasteiger partial charge in [0.15, 0.2) is 22.3 Å². The van der Waals surface area contributed by atoms with Crippen molar-refractivity contribution < 1.29 is 31.1 Å². The molecular weight excluding hydrogens is 529 g/mol. The zero-order valence-corrected chi connectivity index (χ0v) is 21.2. The Hall–Kier alpha value is -3.97. The number of carbonyl (C=O) groups is 1. The molecule has 0 aliphatic heterocycles. The van der Waals surface area contributed by atoms with E-state index in [1.807, 2.05) is 0 Å². The number of thiazole rings is 1. The van der Waals surface area contributed by atoms with Crippen LogP contribution in [0, 0.1) is 31.3 Å². The van der Waals surface area contributed by atoms with E-state index in [0.717, 1.165) is 23.5 Å². The largest absolute Gasteiger partial charge is 0.480 e. The molecule has 0 radical (unpaired) electrons. The molecule has 0 aliphatic carbocycles. The molecule has 8 nitrogen and oxygen atoms in total.